The standard InChI is InChI=1S/C19H18N2O/c1-14-20-16(13-22-14)11-15-12-21(17-7-3-2-4-8-17)19-10-6-5-9-18(15)19/h2-10,12,16H,11,13H2,1H3/t16-/m0/s1. The number of aromatic nitrogens is 1. The molecule has 0 amide bonds. The Morgan fingerprint density at radius 1 is 1.09 bits per heavy atom. The van der Waals surface area contributed by atoms with Crippen LogP contribution in [0.4, 0.5) is 0 Å². The third kappa shape index (κ3) is 2.29. The SMILES string of the molecule is CC1=N[C@@H](Cc2cn(-c3ccccc3)c3ccccc23)CO1. The summed E-state index contributed by atoms with van der Waals surface area (Å²) in [4.78, 5) is 4.56. The molecule has 0 spiro atoms. The van der Waals surface area contributed by atoms with Crippen molar-refractivity contribution in [3.8, 4) is 5.69 Å². The van der Waals surface area contributed by atoms with Gasteiger partial charge in [-0.15, -0.1) is 0 Å². The molecule has 0 saturated carbocycles. The van der Waals surface area contributed by atoms with Crippen molar-refractivity contribution in [1.82, 2.24) is 4.57 Å². The predicted molar refractivity (Wildman–Crippen MR) is 89.8 cm³/mol. The van der Waals surface area contributed by atoms with E-state index in [-0.39, 0.29) is 6.04 Å². The number of rotatable bonds is 3. The van der Waals surface area contributed by atoms with Crippen molar-refractivity contribution in [3.05, 3.63) is 66.4 Å². The van der Waals surface area contributed by atoms with Crippen LogP contribution in [0.1, 0.15) is 12.5 Å². The van der Waals surface area contributed by atoms with E-state index < -0.39 is 0 Å². The second kappa shape index (κ2) is 5.34. The van der Waals surface area contributed by atoms with Gasteiger partial charge in [0.05, 0.1) is 11.6 Å². The molecule has 0 saturated heterocycles. The molecular formula is C19H18N2O. The van der Waals surface area contributed by atoms with Crippen LogP contribution in [-0.2, 0) is 11.2 Å². The Labute approximate surface area is 129 Å². The minimum Gasteiger partial charge on any atom is -0.479 e. The van der Waals surface area contributed by atoms with Crippen LogP contribution in [0, 0.1) is 0 Å². The molecule has 2 aromatic carbocycles. The van der Waals surface area contributed by atoms with E-state index in [4.69, 9.17) is 4.74 Å². The highest BCUT2D eigenvalue weighted by Gasteiger charge is 2.19. The Bertz CT molecular complexity index is 833. The van der Waals surface area contributed by atoms with Crippen LogP contribution in [0.2, 0.25) is 0 Å². The molecule has 4 rings (SSSR count). The highest BCUT2D eigenvalue weighted by Crippen LogP contribution is 2.26. The molecule has 0 bridgehead atoms. The number of nitrogens with zero attached hydrogens (tertiary/aromatic N) is 2. The second-order valence-electron chi connectivity index (χ2n) is 5.69. The lowest BCUT2D eigenvalue weighted by molar-refractivity contribution is 0.314. The molecule has 110 valence electrons. The van der Waals surface area contributed by atoms with Gasteiger partial charge in [0.25, 0.3) is 0 Å². The number of aliphatic imine (C=N–C) groups is 1. The van der Waals surface area contributed by atoms with Crippen LogP contribution < -0.4 is 0 Å². The number of benzene rings is 2. The average molecular weight is 290 g/mol. The number of ether oxygens (including phenoxy) is 1. The first kappa shape index (κ1) is 13.1. The minimum atomic E-state index is 0.232. The number of hydrogen-bond donors (Lipinski definition) is 0. The molecule has 1 aromatic heterocycles. The Kier molecular flexibility index (Phi) is 3.19. The summed E-state index contributed by atoms with van der Waals surface area (Å²) < 4.78 is 7.75. The normalized spacial score (nSPS) is 17.5. The van der Waals surface area contributed by atoms with Gasteiger partial charge in [-0.2, -0.15) is 0 Å². The highest BCUT2D eigenvalue weighted by atomic mass is 16.5. The van der Waals surface area contributed by atoms with Crippen LogP contribution in [0.15, 0.2) is 65.8 Å². The number of hydrogen-bond acceptors (Lipinski definition) is 2. The van der Waals surface area contributed by atoms with Crippen molar-refractivity contribution in [3.63, 3.8) is 0 Å². The molecule has 0 unspecified atom stereocenters. The van der Waals surface area contributed by atoms with E-state index in [1.54, 1.807) is 0 Å². The van der Waals surface area contributed by atoms with E-state index in [2.05, 4.69) is 64.3 Å². The first-order chi connectivity index (χ1) is 10.8. The summed E-state index contributed by atoms with van der Waals surface area (Å²) in [6, 6.07) is 19.2. The van der Waals surface area contributed by atoms with Gasteiger partial charge in [-0.05, 0) is 23.8 Å². The summed E-state index contributed by atoms with van der Waals surface area (Å²) in [5, 5.41) is 1.30. The summed E-state index contributed by atoms with van der Waals surface area (Å²) in [6.07, 6.45) is 3.15. The molecule has 0 N–H and O–H groups in total. The molecule has 3 nitrogen and oxygen atoms in total. The van der Waals surface area contributed by atoms with Gasteiger partial charge in [-0.25, -0.2) is 4.99 Å². The van der Waals surface area contributed by atoms with Gasteiger partial charge < -0.3 is 9.30 Å². The molecule has 1 atom stereocenters. The zero-order valence-electron chi connectivity index (χ0n) is 12.6. The van der Waals surface area contributed by atoms with Crippen molar-refractivity contribution in [2.45, 2.75) is 19.4 Å². The number of para-hydroxylation sites is 2. The smallest absolute Gasteiger partial charge is 0.180 e. The lowest BCUT2D eigenvalue weighted by Gasteiger charge is -2.04. The van der Waals surface area contributed by atoms with Gasteiger partial charge in [0.1, 0.15) is 6.61 Å². The minimum absolute atomic E-state index is 0.232. The van der Waals surface area contributed by atoms with Crippen molar-refractivity contribution >= 4 is 16.8 Å². The van der Waals surface area contributed by atoms with E-state index in [1.807, 2.05) is 13.0 Å². The molecular weight excluding hydrogens is 272 g/mol. The molecule has 1 aliphatic heterocycles. The first-order valence-corrected chi connectivity index (χ1v) is 7.63. The Morgan fingerprint density at radius 3 is 2.64 bits per heavy atom. The van der Waals surface area contributed by atoms with E-state index in [1.165, 1.54) is 22.2 Å². The van der Waals surface area contributed by atoms with Crippen molar-refractivity contribution < 1.29 is 4.74 Å². The van der Waals surface area contributed by atoms with Crippen molar-refractivity contribution in [2.75, 3.05) is 6.61 Å². The fourth-order valence-electron chi connectivity index (χ4n) is 3.12. The molecule has 1 aliphatic rings. The van der Waals surface area contributed by atoms with Gasteiger partial charge in [0.2, 0.25) is 0 Å². The van der Waals surface area contributed by atoms with Gasteiger partial charge in [-0.1, -0.05) is 36.4 Å². The maximum absolute atomic E-state index is 5.48. The summed E-state index contributed by atoms with van der Waals surface area (Å²) in [6.45, 7) is 2.62. The van der Waals surface area contributed by atoms with E-state index in [0.717, 1.165) is 12.3 Å². The summed E-state index contributed by atoms with van der Waals surface area (Å²) in [5.74, 6) is 0.803. The average Bonchev–Trinajstić information content (AvgIpc) is 3.13. The summed E-state index contributed by atoms with van der Waals surface area (Å²) in [7, 11) is 0. The molecule has 0 fully saturated rings. The largest absolute Gasteiger partial charge is 0.479 e. The second-order valence-corrected chi connectivity index (χ2v) is 5.69. The topological polar surface area (TPSA) is 26.5 Å². The molecule has 0 radical (unpaired) electrons. The van der Waals surface area contributed by atoms with E-state index in [9.17, 15) is 0 Å². The Balaban J connectivity index is 1.79. The Hall–Kier alpha value is -2.55. The zero-order valence-corrected chi connectivity index (χ0v) is 12.6. The Morgan fingerprint density at radius 2 is 1.86 bits per heavy atom. The zero-order chi connectivity index (χ0) is 14.9. The van der Waals surface area contributed by atoms with Crippen LogP contribution >= 0.6 is 0 Å². The number of fused-ring (bicyclic) bond motifs is 1. The fourth-order valence-corrected chi connectivity index (χ4v) is 3.12. The molecule has 0 aliphatic carbocycles. The maximum Gasteiger partial charge on any atom is 0.180 e. The predicted octanol–water partition coefficient (Wildman–Crippen LogP) is 3.99. The maximum atomic E-state index is 5.48. The van der Waals surface area contributed by atoms with Gasteiger partial charge in [0, 0.05) is 30.6 Å². The van der Waals surface area contributed by atoms with E-state index >= 15 is 0 Å². The van der Waals surface area contributed by atoms with Crippen LogP contribution in [0.3, 0.4) is 0 Å². The van der Waals surface area contributed by atoms with Gasteiger partial charge >= 0.3 is 0 Å². The van der Waals surface area contributed by atoms with Crippen molar-refractivity contribution in [1.29, 1.82) is 0 Å². The van der Waals surface area contributed by atoms with Gasteiger partial charge in [-0.3, -0.25) is 0 Å². The molecule has 2 heterocycles. The lowest BCUT2D eigenvalue weighted by atomic mass is 10.1. The third-order valence-corrected chi connectivity index (χ3v) is 4.13. The fraction of sp³-hybridized carbons (Fsp3) is 0.211. The lowest BCUT2D eigenvalue weighted by Crippen LogP contribution is -2.09. The van der Waals surface area contributed by atoms with Gasteiger partial charge in [0.15, 0.2) is 5.90 Å². The van der Waals surface area contributed by atoms with Crippen LogP contribution in [0.5, 0.6) is 0 Å². The van der Waals surface area contributed by atoms with Crippen LogP contribution in [0.25, 0.3) is 16.6 Å². The third-order valence-electron chi connectivity index (χ3n) is 4.13. The molecule has 3 heteroatoms. The highest BCUT2D eigenvalue weighted by molar-refractivity contribution is 5.86. The monoisotopic (exact) mass is 290 g/mol. The quantitative estimate of drug-likeness (QED) is 0.716. The molecule has 22 heavy (non-hydrogen) atoms. The first-order valence-electron chi connectivity index (χ1n) is 7.63. The summed E-state index contributed by atoms with van der Waals surface area (Å²) in [5.41, 5.74) is 3.75. The summed E-state index contributed by atoms with van der Waals surface area (Å²) >= 11 is 0. The molecule has 3 aromatic rings. The van der Waals surface area contributed by atoms with E-state index in [0.29, 0.717) is 6.61 Å². The van der Waals surface area contributed by atoms with Crippen molar-refractivity contribution in [2.24, 2.45) is 4.99 Å². The van der Waals surface area contributed by atoms with Crippen LogP contribution in [-0.4, -0.2) is 23.1 Å².